The van der Waals surface area contributed by atoms with Crippen LogP contribution in [-0.2, 0) is 6.42 Å². The third-order valence-electron chi connectivity index (χ3n) is 3.14. The van der Waals surface area contributed by atoms with Crippen molar-refractivity contribution in [2.45, 2.75) is 52.1 Å². The number of aliphatic hydroxyl groups is 1. The Morgan fingerprint density at radius 2 is 2.06 bits per heavy atom. The molecule has 0 radical (unpaired) electrons. The topological polar surface area (TPSA) is 75.1 Å². The van der Waals surface area contributed by atoms with E-state index in [2.05, 4.69) is 14.9 Å². The smallest absolute Gasteiger partial charge is 0.265 e. The lowest BCUT2D eigenvalue weighted by Gasteiger charge is -2.25. The molecule has 1 aromatic heterocycles. The second-order valence-electron chi connectivity index (χ2n) is 4.41. The Morgan fingerprint density at radius 1 is 1.39 bits per heavy atom. The number of hydrogen-bond donors (Lipinski definition) is 2. The third-order valence-corrected chi connectivity index (χ3v) is 3.91. The largest absolute Gasteiger partial charge is 0.388 e. The van der Waals surface area contributed by atoms with Crippen LogP contribution in [0.4, 0.5) is 0 Å². The third kappa shape index (κ3) is 3.74. The molecule has 1 amide bonds. The molecule has 6 heteroatoms. The summed E-state index contributed by atoms with van der Waals surface area (Å²) >= 11 is 1.11. The van der Waals surface area contributed by atoms with E-state index >= 15 is 0 Å². The molecule has 0 aromatic carbocycles. The molecule has 0 unspecified atom stereocenters. The first kappa shape index (κ1) is 15.0. The molecule has 0 bridgehead atoms. The van der Waals surface area contributed by atoms with Crippen molar-refractivity contribution in [1.82, 2.24) is 14.9 Å². The number of carbonyl (C=O) groups is 1. The molecule has 0 aliphatic heterocycles. The molecular weight excluding hydrogens is 250 g/mol. The zero-order valence-electron chi connectivity index (χ0n) is 11.2. The average Bonchev–Trinajstić information content (AvgIpc) is 2.84. The minimum absolute atomic E-state index is 0.186. The van der Waals surface area contributed by atoms with E-state index < -0.39 is 5.60 Å². The van der Waals surface area contributed by atoms with Crippen molar-refractivity contribution < 1.29 is 9.90 Å². The fraction of sp³-hybridized carbons (Fsp3) is 0.750. The molecule has 0 atom stereocenters. The quantitative estimate of drug-likeness (QED) is 0.792. The second-order valence-corrected chi connectivity index (χ2v) is 5.17. The first-order chi connectivity index (χ1) is 8.56. The van der Waals surface area contributed by atoms with Gasteiger partial charge in [0.15, 0.2) is 0 Å². The zero-order chi connectivity index (χ0) is 13.6. The van der Waals surface area contributed by atoms with Gasteiger partial charge in [0.25, 0.3) is 5.91 Å². The van der Waals surface area contributed by atoms with Crippen molar-refractivity contribution in [3.05, 3.63) is 10.6 Å². The summed E-state index contributed by atoms with van der Waals surface area (Å²) in [6.07, 6.45) is 2.92. The number of nitrogens with zero attached hydrogens (tertiary/aromatic N) is 2. The molecule has 18 heavy (non-hydrogen) atoms. The van der Waals surface area contributed by atoms with Gasteiger partial charge in [0.05, 0.1) is 11.3 Å². The summed E-state index contributed by atoms with van der Waals surface area (Å²) in [5.74, 6) is -0.186. The summed E-state index contributed by atoms with van der Waals surface area (Å²) in [5.41, 5.74) is -0.0739. The molecule has 2 N–H and O–H groups in total. The van der Waals surface area contributed by atoms with Gasteiger partial charge in [-0.15, -0.1) is 5.10 Å². The van der Waals surface area contributed by atoms with Crippen LogP contribution in [-0.4, -0.2) is 32.7 Å². The molecule has 0 aliphatic rings. The van der Waals surface area contributed by atoms with Gasteiger partial charge in [-0.1, -0.05) is 31.7 Å². The number of carbonyl (C=O) groups excluding carboxylic acids is 1. The van der Waals surface area contributed by atoms with Crippen LogP contribution in [0.25, 0.3) is 0 Å². The Bertz CT molecular complexity index is 388. The van der Waals surface area contributed by atoms with Crippen molar-refractivity contribution in [1.29, 1.82) is 0 Å². The summed E-state index contributed by atoms with van der Waals surface area (Å²) < 4.78 is 3.81. The van der Waals surface area contributed by atoms with Gasteiger partial charge >= 0.3 is 0 Å². The first-order valence-electron chi connectivity index (χ1n) is 6.38. The van der Waals surface area contributed by atoms with E-state index in [1.165, 1.54) is 0 Å². The summed E-state index contributed by atoms with van der Waals surface area (Å²) in [6, 6.07) is 0. The van der Waals surface area contributed by atoms with Gasteiger partial charge in [-0.3, -0.25) is 4.79 Å². The van der Waals surface area contributed by atoms with E-state index in [0.29, 0.717) is 17.7 Å². The van der Waals surface area contributed by atoms with E-state index in [4.69, 9.17) is 0 Å². The fourth-order valence-corrected chi connectivity index (χ4v) is 2.23. The number of aromatic nitrogens is 2. The standard InChI is InChI=1S/C12H21N3O2S/c1-4-7-9-10(18-15-14-9)11(16)13-8-12(17,5-2)6-3/h17H,4-8H2,1-3H3,(H,13,16). The number of aryl methyl sites for hydroxylation is 1. The number of nitrogens with one attached hydrogen (secondary N) is 1. The highest BCUT2D eigenvalue weighted by Crippen LogP contribution is 2.15. The number of hydrogen-bond acceptors (Lipinski definition) is 5. The highest BCUT2D eigenvalue weighted by atomic mass is 32.1. The van der Waals surface area contributed by atoms with Crippen LogP contribution in [0.5, 0.6) is 0 Å². The molecule has 1 heterocycles. The van der Waals surface area contributed by atoms with Crippen molar-refractivity contribution >= 4 is 17.4 Å². The van der Waals surface area contributed by atoms with Crippen molar-refractivity contribution in [3.63, 3.8) is 0 Å². The van der Waals surface area contributed by atoms with Gasteiger partial charge in [-0.25, -0.2) is 0 Å². The SMILES string of the molecule is CCCc1nnsc1C(=O)NCC(O)(CC)CC. The summed E-state index contributed by atoms with van der Waals surface area (Å²) in [6.45, 7) is 6.12. The maximum atomic E-state index is 12.0. The Kier molecular flexibility index (Phi) is 5.68. The van der Waals surface area contributed by atoms with Crippen LogP contribution < -0.4 is 5.32 Å². The lowest BCUT2D eigenvalue weighted by Crippen LogP contribution is -2.42. The van der Waals surface area contributed by atoms with Crippen LogP contribution in [0.3, 0.4) is 0 Å². The van der Waals surface area contributed by atoms with Gasteiger partial charge in [-0.05, 0) is 30.8 Å². The molecule has 1 aromatic rings. The number of amides is 1. The Morgan fingerprint density at radius 3 is 2.61 bits per heavy atom. The van der Waals surface area contributed by atoms with Gasteiger partial charge in [0.2, 0.25) is 0 Å². The highest BCUT2D eigenvalue weighted by molar-refractivity contribution is 7.08. The van der Waals surface area contributed by atoms with E-state index in [1.54, 1.807) is 0 Å². The first-order valence-corrected chi connectivity index (χ1v) is 7.15. The van der Waals surface area contributed by atoms with E-state index in [1.807, 2.05) is 20.8 Å². The normalized spacial score (nSPS) is 11.6. The molecule has 102 valence electrons. The highest BCUT2D eigenvalue weighted by Gasteiger charge is 2.24. The van der Waals surface area contributed by atoms with E-state index in [0.717, 1.165) is 30.1 Å². The maximum absolute atomic E-state index is 12.0. The lowest BCUT2D eigenvalue weighted by molar-refractivity contribution is 0.0314. The monoisotopic (exact) mass is 271 g/mol. The van der Waals surface area contributed by atoms with Gasteiger partial charge in [-0.2, -0.15) is 0 Å². The van der Waals surface area contributed by atoms with Crippen LogP contribution in [0, 0.1) is 0 Å². The minimum Gasteiger partial charge on any atom is -0.388 e. The average molecular weight is 271 g/mol. The summed E-state index contributed by atoms with van der Waals surface area (Å²) in [7, 11) is 0. The Balaban J connectivity index is 2.62. The summed E-state index contributed by atoms with van der Waals surface area (Å²) in [5, 5.41) is 16.8. The van der Waals surface area contributed by atoms with Gasteiger partial charge in [0.1, 0.15) is 4.88 Å². The van der Waals surface area contributed by atoms with Crippen LogP contribution in [0.15, 0.2) is 0 Å². The minimum atomic E-state index is -0.821. The molecule has 1 rings (SSSR count). The second kappa shape index (κ2) is 6.80. The molecule has 0 fully saturated rings. The molecule has 0 saturated carbocycles. The lowest BCUT2D eigenvalue weighted by atomic mass is 9.97. The maximum Gasteiger partial charge on any atom is 0.265 e. The van der Waals surface area contributed by atoms with Crippen LogP contribution in [0.2, 0.25) is 0 Å². The molecule has 5 nitrogen and oxygen atoms in total. The summed E-state index contributed by atoms with van der Waals surface area (Å²) in [4.78, 5) is 12.5. The Labute approximate surface area is 112 Å². The van der Waals surface area contributed by atoms with E-state index in [-0.39, 0.29) is 12.5 Å². The van der Waals surface area contributed by atoms with Crippen molar-refractivity contribution in [2.24, 2.45) is 0 Å². The van der Waals surface area contributed by atoms with E-state index in [9.17, 15) is 9.90 Å². The fourth-order valence-electron chi connectivity index (χ4n) is 1.61. The molecule has 0 aliphatic carbocycles. The Hall–Kier alpha value is -1.01. The van der Waals surface area contributed by atoms with Crippen LogP contribution in [0.1, 0.15) is 55.4 Å². The molecular formula is C12H21N3O2S. The zero-order valence-corrected chi connectivity index (χ0v) is 12.0. The number of rotatable bonds is 7. The predicted molar refractivity (Wildman–Crippen MR) is 71.8 cm³/mol. The van der Waals surface area contributed by atoms with Crippen LogP contribution >= 0.6 is 11.5 Å². The van der Waals surface area contributed by atoms with Crippen molar-refractivity contribution in [3.8, 4) is 0 Å². The molecule has 0 spiro atoms. The molecule has 0 saturated heterocycles. The van der Waals surface area contributed by atoms with Crippen molar-refractivity contribution in [2.75, 3.05) is 6.54 Å². The van der Waals surface area contributed by atoms with Gasteiger partial charge < -0.3 is 10.4 Å². The van der Waals surface area contributed by atoms with Gasteiger partial charge in [0, 0.05) is 6.54 Å². The predicted octanol–water partition coefficient (Wildman–Crippen LogP) is 1.77.